The Labute approximate surface area is 161 Å². The number of piperidine rings is 1. The Morgan fingerprint density at radius 2 is 1.75 bits per heavy atom. The highest BCUT2D eigenvalue weighted by molar-refractivity contribution is 5.68. The Balaban J connectivity index is 1.50. The van der Waals surface area contributed by atoms with E-state index in [1.165, 1.54) is 0 Å². The maximum atomic E-state index is 13.9. The molecule has 0 radical (unpaired) electrons. The first-order chi connectivity index (χ1) is 12.9. The molecule has 0 unspecified atom stereocenters. The molecular formula is C20H25F4NO3. The van der Waals surface area contributed by atoms with Gasteiger partial charge in [-0.2, -0.15) is 13.2 Å². The van der Waals surface area contributed by atoms with Crippen LogP contribution in [0.1, 0.15) is 52.0 Å². The number of carbonyl (C=O) groups excluding carboxylic acids is 1. The number of hydrogen-bond acceptors (Lipinski definition) is 3. The van der Waals surface area contributed by atoms with E-state index in [0.717, 1.165) is 25.0 Å². The summed E-state index contributed by atoms with van der Waals surface area (Å²) >= 11 is 0. The third kappa shape index (κ3) is 4.70. The van der Waals surface area contributed by atoms with E-state index in [2.05, 4.69) is 0 Å². The molecule has 2 fully saturated rings. The fourth-order valence-corrected chi connectivity index (χ4v) is 3.84. The molecule has 2 aliphatic rings. The average Bonchev–Trinajstić information content (AvgIpc) is 2.53. The van der Waals surface area contributed by atoms with Gasteiger partial charge in [0.2, 0.25) is 0 Å². The van der Waals surface area contributed by atoms with Gasteiger partial charge in [-0.05, 0) is 70.1 Å². The number of alkyl halides is 3. The molecular weight excluding hydrogens is 378 g/mol. The van der Waals surface area contributed by atoms with Gasteiger partial charge in [0, 0.05) is 13.1 Å². The fraction of sp³-hybridized carbons (Fsp3) is 0.650. The molecule has 28 heavy (non-hydrogen) atoms. The Morgan fingerprint density at radius 1 is 1.14 bits per heavy atom. The summed E-state index contributed by atoms with van der Waals surface area (Å²) in [7, 11) is 0. The van der Waals surface area contributed by atoms with E-state index in [9.17, 15) is 22.4 Å². The van der Waals surface area contributed by atoms with Gasteiger partial charge in [0.15, 0.2) is 11.6 Å². The number of halogens is 4. The third-order valence-electron chi connectivity index (χ3n) is 5.35. The van der Waals surface area contributed by atoms with Crippen LogP contribution in [0, 0.1) is 11.2 Å². The number of amides is 1. The molecule has 1 spiro atoms. The fourth-order valence-electron chi connectivity index (χ4n) is 3.84. The van der Waals surface area contributed by atoms with E-state index in [1.807, 2.05) is 20.8 Å². The first-order valence-corrected chi connectivity index (χ1v) is 9.38. The van der Waals surface area contributed by atoms with Crippen molar-refractivity contribution in [2.75, 3.05) is 13.1 Å². The summed E-state index contributed by atoms with van der Waals surface area (Å²) in [5.41, 5.74) is -1.52. The minimum atomic E-state index is -4.58. The predicted octanol–water partition coefficient (Wildman–Crippen LogP) is 5.40. The molecule has 1 amide bonds. The highest BCUT2D eigenvalue weighted by Gasteiger charge is 2.48. The average molecular weight is 403 g/mol. The third-order valence-corrected chi connectivity index (χ3v) is 5.35. The zero-order valence-corrected chi connectivity index (χ0v) is 16.2. The summed E-state index contributed by atoms with van der Waals surface area (Å²) in [6, 6.07) is 2.32. The van der Waals surface area contributed by atoms with E-state index < -0.39 is 23.2 Å². The standard InChI is InChI=1S/C20H25F4NO3/c1-18(2,3)28-17(26)25-8-6-19(7-9-25)11-14(12-19)27-16-5-4-13(10-15(16)21)20(22,23)24/h4-5,10,14H,6-9,11-12H2,1-3H3. The van der Waals surface area contributed by atoms with Crippen LogP contribution in [0.5, 0.6) is 5.75 Å². The van der Waals surface area contributed by atoms with Gasteiger partial charge in [-0.1, -0.05) is 0 Å². The van der Waals surface area contributed by atoms with Crippen LogP contribution in [0.4, 0.5) is 22.4 Å². The molecule has 8 heteroatoms. The van der Waals surface area contributed by atoms with Crippen molar-refractivity contribution < 1.29 is 31.8 Å². The molecule has 1 aliphatic carbocycles. The molecule has 0 aromatic heterocycles. The van der Waals surface area contributed by atoms with Crippen LogP contribution in [0.2, 0.25) is 0 Å². The normalized spacial score (nSPS) is 20.0. The van der Waals surface area contributed by atoms with Gasteiger partial charge in [-0.25, -0.2) is 9.18 Å². The topological polar surface area (TPSA) is 38.8 Å². The lowest BCUT2D eigenvalue weighted by molar-refractivity contribution is -0.137. The van der Waals surface area contributed by atoms with Crippen LogP contribution in [-0.4, -0.2) is 35.8 Å². The van der Waals surface area contributed by atoms with E-state index in [1.54, 1.807) is 4.90 Å². The summed E-state index contributed by atoms with van der Waals surface area (Å²) in [6.07, 6.45) is -2.10. The lowest BCUT2D eigenvalue weighted by Gasteiger charge is -2.51. The molecule has 156 valence electrons. The first-order valence-electron chi connectivity index (χ1n) is 9.38. The van der Waals surface area contributed by atoms with E-state index in [-0.39, 0.29) is 23.4 Å². The van der Waals surface area contributed by atoms with Gasteiger partial charge in [0.05, 0.1) is 11.7 Å². The van der Waals surface area contributed by atoms with Gasteiger partial charge in [-0.15, -0.1) is 0 Å². The maximum Gasteiger partial charge on any atom is 0.416 e. The molecule has 1 aliphatic heterocycles. The van der Waals surface area contributed by atoms with Crippen LogP contribution in [0.3, 0.4) is 0 Å². The van der Waals surface area contributed by atoms with Crippen molar-refractivity contribution in [2.45, 2.75) is 64.3 Å². The van der Waals surface area contributed by atoms with Gasteiger partial charge in [0.1, 0.15) is 5.60 Å². The molecule has 1 saturated carbocycles. The summed E-state index contributed by atoms with van der Waals surface area (Å²) < 4.78 is 62.7. The lowest BCUT2D eigenvalue weighted by atomic mass is 9.61. The molecule has 1 saturated heterocycles. The largest absolute Gasteiger partial charge is 0.487 e. The molecule has 1 aromatic carbocycles. The Bertz CT molecular complexity index is 726. The molecule has 1 heterocycles. The maximum absolute atomic E-state index is 13.9. The Hall–Kier alpha value is -1.99. The van der Waals surface area contributed by atoms with Gasteiger partial charge >= 0.3 is 12.3 Å². The van der Waals surface area contributed by atoms with Crippen molar-refractivity contribution in [2.24, 2.45) is 5.41 Å². The molecule has 4 nitrogen and oxygen atoms in total. The number of nitrogens with zero attached hydrogens (tertiary/aromatic N) is 1. The van der Waals surface area contributed by atoms with Gasteiger partial charge in [-0.3, -0.25) is 0 Å². The summed E-state index contributed by atoms with van der Waals surface area (Å²) in [5, 5.41) is 0. The molecule has 0 N–H and O–H groups in total. The first kappa shape index (κ1) is 20.7. The molecule has 1 aromatic rings. The van der Waals surface area contributed by atoms with Crippen molar-refractivity contribution in [1.29, 1.82) is 0 Å². The van der Waals surface area contributed by atoms with Crippen molar-refractivity contribution in [3.05, 3.63) is 29.6 Å². The molecule has 0 bridgehead atoms. The van der Waals surface area contributed by atoms with Crippen molar-refractivity contribution >= 4 is 6.09 Å². The van der Waals surface area contributed by atoms with Crippen molar-refractivity contribution in [1.82, 2.24) is 4.90 Å². The van der Waals surface area contributed by atoms with Gasteiger partial charge < -0.3 is 14.4 Å². The Morgan fingerprint density at radius 3 is 2.25 bits per heavy atom. The second kappa shape index (κ2) is 7.12. The van der Waals surface area contributed by atoms with Crippen LogP contribution in [0.25, 0.3) is 0 Å². The zero-order chi connectivity index (χ0) is 20.7. The zero-order valence-electron chi connectivity index (χ0n) is 16.2. The summed E-state index contributed by atoms with van der Waals surface area (Å²) in [6.45, 7) is 6.66. The monoisotopic (exact) mass is 403 g/mol. The highest BCUT2D eigenvalue weighted by atomic mass is 19.4. The second-order valence-electron chi connectivity index (χ2n) is 8.76. The Kier molecular flexibility index (Phi) is 5.27. The summed E-state index contributed by atoms with van der Waals surface area (Å²) in [5.74, 6) is -1.16. The second-order valence-corrected chi connectivity index (χ2v) is 8.76. The van der Waals surface area contributed by atoms with E-state index in [4.69, 9.17) is 9.47 Å². The van der Waals surface area contributed by atoms with Crippen LogP contribution >= 0.6 is 0 Å². The number of ether oxygens (including phenoxy) is 2. The number of hydrogen-bond donors (Lipinski definition) is 0. The lowest BCUT2D eigenvalue weighted by Crippen LogP contribution is -2.52. The minimum absolute atomic E-state index is 0.0472. The van der Waals surface area contributed by atoms with E-state index in [0.29, 0.717) is 32.0 Å². The number of carbonyl (C=O) groups is 1. The molecule has 3 rings (SSSR count). The highest BCUT2D eigenvalue weighted by Crippen LogP contribution is 2.50. The van der Waals surface area contributed by atoms with Crippen LogP contribution in [0.15, 0.2) is 18.2 Å². The van der Waals surface area contributed by atoms with Crippen molar-refractivity contribution in [3.63, 3.8) is 0 Å². The van der Waals surface area contributed by atoms with Crippen molar-refractivity contribution in [3.8, 4) is 5.75 Å². The van der Waals surface area contributed by atoms with Crippen LogP contribution < -0.4 is 4.74 Å². The molecule has 0 atom stereocenters. The number of rotatable bonds is 2. The quantitative estimate of drug-likeness (QED) is 0.621. The SMILES string of the molecule is CC(C)(C)OC(=O)N1CCC2(CC1)CC(Oc1ccc(C(F)(F)F)cc1F)C2. The van der Waals surface area contributed by atoms with E-state index >= 15 is 0 Å². The minimum Gasteiger partial charge on any atom is -0.487 e. The predicted molar refractivity (Wildman–Crippen MR) is 94.5 cm³/mol. The van der Waals surface area contributed by atoms with Gasteiger partial charge in [0.25, 0.3) is 0 Å². The summed E-state index contributed by atoms with van der Waals surface area (Å²) in [4.78, 5) is 13.8. The number of benzene rings is 1. The van der Waals surface area contributed by atoms with Crippen LogP contribution in [-0.2, 0) is 10.9 Å². The number of likely N-dealkylation sites (tertiary alicyclic amines) is 1. The smallest absolute Gasteiger partial charge is 0.416 e.